The molecule has 2 aromatic carbocycles. The molecule has 1 amide bonds. The van der Waals surface area contributed by atoms with Gasteiger partial charge in [-0.05, 0) is 62.1 Å². The monoisotopic (exact) mass is 338 g/mol. The van der Waals surface area contributed by atoms with E-state index in [4.69, 9.17) is 0 Å². The second-order valence-electron chi connectivity index (χ2n) is 6.65. The zero-order valence-corrected chi connectivity index (χ0v) is 13.9. The first-order chi connectivity index (χ1) is 12.0. The largest absolute Gasteiger partial charge is 0.505 e. The van der Waals surface area contributed by atoms with Gasteiger partial charge in [-0.25, -0.2) is 4.39 Å². The molecule has 0 saturated heterocycles. The van der Waals surface area contributed by atoms with Crippen LogP contribution in [0.15, 0.2) is 36.4 Å². The minimum Gasteiger partial charge on any atom is -0.505 e. The van der Waals surface area contributed by atoms with Crippen molar-refractivity contribution in [2.24, 2.45) is 0 Å². The van der Waals surface area contributed by atoms with Gasteiger partial charge < -0.3 is 15.4 Å². The number of H-pyrrole nitrogens is 1. The van der Waals surface area contributed by atoms with Gasteiger partial charge in [0.05, 0.1) is 6.04 Å². The van der Waals surface area contributed by atoms with Crippen LogP contribution in [0.25, 0.3) is 10.9 Å². The summed E-state index contributed by atoms with van der Waals surface area (Å²) in [7, 11) is 0. The summed E-state index contributed by atoms with van der Waals surface area (Å²) in [6, 6.07) is 9.86. The van der Waals surface area contributed by atoms with E-state index in [0.717, 1.165) is 36.5 Å². The van der Waals surface area contributed by atoms with Crippen molar-refractivity contribution in [2.75, 3.05) is 0 Å². The summed E-state index contributed by atoms with van der Waals surface area (Å²) in [4.78, 5) is 15.9. The van der Waals surface area contributed by atoms with Crippen LogP contribution in [0.5, 0.6) is 5.75 Å². The van der Waals surface area contributed by atoms with Crippen molar-refractivity contribution < 1.29 is 14.3 Å². The highest BCUT2D eigenvalue weighted by Gasteiger charge is 2.26. The number of aromatic amines is 1. The lowest BCUT2D eigenvalue weighted by molar-refractivity contribution is 0.0931. The van der Waals surface area contributed by atoms with Gasteiger partial charge in [0.25, 0.3) is 5.91 Å². The molecular formula is C20H19FN2O2. The zero-order valence-electron chi connectivity index (χ0n) is 13.9. The number of aryl methyl sites for hydroxylation is 2. The molecule has 1 heterocycles. The van der Waals surface area contributed by atoms with Crippen LogP contribution in [0.1, 0.15) is 46.1 Å². The number of hydrogen-bond acceptors (Lipinski definition) is 2. The number of benzene rings is 2. The molecule has 128 valence electrons. The lowest BCUT2D eigenvalue weighted by Gasteiger charge is -2.24. The molecule has 3 aromatic rings. The molecule has 0 radical (unpaired) electrons. The summed E-state index contributed by atoms with van der Waals surface area (Å²) in [6.45, 7) is 2.07. The normalized spacial score (nSPS) is 16.6. The van der Waals surface area contributed by atoms with E-state index in [-0.39, 0.29) is 17.5 Å². The number of carbonyl (C=O) groups is 1. The van der Waals surface area contributed by atoms with Crippen LogP contribution in [0.3, 0.4) is 0 Å². The van der Waals surface area contributed by atoms with Gasteiger partial charge in [-0.3, -0.25) is 4.79 Å². The number of aromatic nitrogens is 1. The Labute approximate surface area is 144 Å². The minimum atomic E-state index is -0.793. The Morgan fingerprint density at radius 3 is 2.92 bits per heavy atom. The van der Waals surface area contributed by atoms with E-state index in [9.17, 15) is 14.3 Å². The summed E-state index contributed by atoms with van der Waals surface area (Å²) < 4.78 is 13.5. The topological polar surface area (TPSA) is 65.1 Å². The second-order valence-corrected chi connectivity index (χ2v) is 6.65. The molecule has 0 bridgehead atoms. The van der Waals surface area contributed by atoms with Crippen LogP contribution in [-0.2, 0) is 6.42 Å². The molecule has 0 aliphatic heterocycles. The number of phenols is 1. The van der Waals surface area contributed by atoms with Gasteiger partial charge in [-0.1, -0.05) is 11.6 Å². The Bertz CT molecular complexity index is 977. The smallest absolute Gasteiger partial charge is 0.251 e. The van der Waals surface area contributed by atoms with Gasteiger partial charge in [0.15, 0.2) is 11.6 Å². The Morgan fingerprint density at radius 2 is 2.12 bits per heavy atom. The summed E-state index contributed by atoms with van der Waals surface area (Å²) in [5.41, 5.74) is 4.79. The van der Waals surface area contributed by atoms with Crippen molar-refractivity contribution in [3.63, 3.8) is 0 Å². The first-order valence-corrected chi connectivity index (χ1v) is 8.43. The van der Waals surface area contributed by atoms with Crippen molar-refractivity contribution in [1.29, 1.82) is 0 Å². The molecule has 1 aliphatic carbocycles. The number of amides is 1. The molecule has 0 saturated carbocycles. The van der Waals surface area contributed by atoms with Gasteiger partial charge in [0.2, 0.25) is 0 Å². The molecule has 25 heavy (non-hydrogen) atoms. The number of hydrogen-bond donors (Lipinski definition) is 3. The van der Waals surface area contributed by atoms with E-state index in [2.05, 4.69) is 35.4 Å². The molecule has 1 unspecified atom stereocenters. The van der Waals surface area contributed by atoms with Gasteiger partial charge in [-0.15, -0.1) is 0 Å². The van der Waals surface area contributed by atoms with E-state index in [1.54, 1.807) is 0 Å². The lowest BCUT2D eigenvalue weighted by atomic mass is 9.91. The highest BCUT2D eigenvalue weighted by molar-refractivity contribution is 5.95. The van der Waals surface area contributed by atoms with Gasteiger partial charge in [0.1, 0.15) is 0 Å². The lowest BCUT2D eigenvalue weighted by Crippen LogP contribution is -2.31. The fraction of sp³-hybridized carbons (Fsp3) is 0.250. The number of fused-ring (bicyclic) bond motifs is 3. The van der Waals surface area contributed by atoms with Crippen molar-refractivity contribution in [2.45, 2.75) is 32.2 Å². The average Bonchev–Trinajstić information content (AvgIpc) is 2.96. The van der Waals surface area contributed by atoms with Crippen LogP contribution in [0, 0.1) is 12.7 Å². The van der Waals surface area contributed by atoms with Crippen LogP contribution in [-0.4, -0.2) is 16.0 Å². The molecule has 0 spiro atoms. The SMILES string of the molecule is Cc1ccc2[nH]c3c(c2c1)CCCC3NC(=O)c1ccc(O)c(F)c1. The number of phenolic OH excluding ortho intramolecular Hbond substituents is 1. The Balaban J connectivity index is 1.65. The van der Waals surface area contributed by atoms with Crippen LogP contribution in [0.2, 0.25) is 0 Å². The van der Waals surface area contributed by atoms with E-state index in [1.807, 2.05) is 0 Å². The van der Waals surface area contributed by atoms with Crippen molar-refractivity contribution >= 4 is 16.8 Å². The van der Waals surface area contributed by atoms with Crippen molar-refractivity contribution in [1.82, 2.24) is 10.3 Å². The Kier molecular flexibility index (Phi) is 3.71. The van der Waals surface area contributed by atoms with E-state index < -0.39 is 11.6 Å². The summed E-state index contributed by atoms with van der Waals surface area (Å²) >= 11 is 0. The third-order valence-electron chi connectivity index (χ3n) is 4.88. The Hall–Kier alpha value is -2.82. The van der Waals surface area contributed by atoms with Gasteiger partial charge in [-0.2, -0.15) is 0 Å². The maximum Gasteiger partial charge on any atom is 0.251 e. The zero-order chi connectivity index (χ0) is 17.6. The number of carbonyl (C=O) groups excluding carboxylic acids is 1. The fourth-order valence-corrected chi connectivity index (χ4v) is 3.61. The van der Waals surface area contributed by atoms with E-state index in [1.165, 1.54) is 28.6 Å². The van der Waals surface area contributed by atoms with Crippen molar-refractivity contribution in [3.8, 4) is 5.75 Å². The predicted molar refractivity (Wildman–Crippen MR) is 94.2 cm³/mol. The van der Waals surface area contributed by atoms with Crippen LogP contribution >= 0.6 is 0 Å². The molecule has 1 aliphatic rings. The number of halogens is 1. The fourth-order valence-electron chi connectivity index (χ4n) is 3.61. The first-order valence-electron chi connectivity index (χ1n) is 8.43. The van der Waals surface area contributed by atoms with Crippen LogP contribution < -0.4 is 5.32 Å². The predicted octanol–water partition coefficient (Wildman–Crippen LogP) is 4.13. The molecule has 4 rings (SSSR count). The third-order valence-corrected chi connectivity index (χ3v) is 4.88. The highest BCUT2D eigenvalue weighted by atomic mass is 19.1. The molecule has 1 aromatic heterocycles. The van der Waals surface area contributed by atoms with Crippen molar-refractivity contribution in [3.05, 3.63) is 64.6 Å². The standard InChI is InChI=1S/C20H19FN2O2/c1-11-5-7-16-14(9-11)13-3-2-4-17(19(13)22-16)23-20(25)12-6-8-18(24)15(21)10-12/h5-10,17,22,24H,2-4H2,1H3,(H,23,25). The molecule has 1 atom stereocenters. The highest BCUT2D eigenvalue weighted by Crippen LogP contribution is 2.35. The van der Waals surface area contributed by atoms with Gasteiger partial charge >= 0.3 is 0 Å². The summed E-state index contributed by atoms with van der Waals surface area (Å²) in [6.07, 6.45) is 2.81. The molecule has 3 N–H and O–H groups in total. The summed E-state index contributed by atoms with van der Waals surface area (Å²) in [5.74, 6) is -1.59. The van der Waals surface area contributed by atoms with Gasteiger partial charge in [0, 0.05) is 22.2 Å². The molecule has 4 nitrogen and oxygen atoms in total. The average molecular weight is 338 g/mol. The van der Waals surface area contributed by atoms with E-state index in [0.29, 0.717) is 0 Å². The number of nitrogens with one attached hydrogen (secondary N) is 2. The quantitative estimate of drug-likeness (QED) is 0.658. The Morgan fingerprint density at radius 1 is 1.28 bits per heavy atom. The molecule has 0 fully saturated rings. The number of rotatable bonds is 2. The minimum absolute atomic E-state index is 0.124. The molecular weight excluding hydrogens is 319 g/mol. The maximum absolute atomic E-state index is 13.5. The summed E-state index contributed by atoms with van der Waals surface area (Å²) in [5, 5.41) is 13.5. The van der Waals surface area contributed by atoms with Crippen LogP contribution in [0.4, 0.5) is 4.39 Å². The maximum atomic E-state index is 13.5. The number of aromatic hydroxyl groups is 1. The first kappa shape index (κ1) is 15.7. The third kappa shape index (κ3) is 2.76. The second kappa shape index (κ2) is 5.92. The van der Waals surface area contributed by atoms with E-state index >= 15 is 0 Å². The molecule has 5 heteroatoms.